The predicted octanol–water partition coefficient (Wildman–Crippen LogP) is 5.47. The van der Waals surface area contributed by atoms with Crippen LogP contribution in [0.1, 0.15) is 50.5 Å². The molecular formula is C26H30N4. The van der Waals surface area contributed by atoms with Crippen molar-refractivity contribution in [3.05, 3.63) is 96.1 Å². The summed E-state index contributed by atoms with van der Waals surface area (Å²) < 4.78 is 4.20. The molecule has 0 aliphatic carbocycles. The molecular weight excluding hydrogens is 368 g/mol. The minimum Gasteiger partial charge on any atom is -0.337 e. The van der Waals surface area contributed by atoms with Gasteiger partial charge in [-0.2, -0.15) is 0 Å². The number of imidazole rings is 2. The summed E-state index contributed by atoms with van der Waals surface area (Å²) in [5, 5.41) is 0. The van der Waals surface area contributed by atoms with E-state index in [-0.39, 0.29) is 10.8 Å². The van der Waals surface area contributed by atoms with Gasteiger partial charge in [0.05, 0.1) is 0 Å². The van der Waals surface area contributed by atoms with Gasteiger partial charge in [0.15, 0.2) is 0 Å². The van der Waals surface area contributed by atoms with Gasteiger partial charge in [-0.25, -0.2) is 9.97 Å². The van der Waals surface area contributed by atoms with Gasteiger partial charge < -0.3 is 9.13 Å². The van der Waals surface area contributed by atoms with Crippen LogP contribution in [-0.4, -0.2) is 19.1 Å². The Kier molecular flexibility index (Phi) is 4.89. The molecule has 4 aromatic rings. The molecule has 0 fully saturated rings. The first kappa shape index (κ1) is 20.1. The largest absolute Gasteiger partial charge is 0.337 e. The van der Waals surface area contributed by atoms with Crippen molar-refractivity contribution >= 4 is 0 Å². The molecule has 0 amide bonds. The molecule has 0 aliphatic rings. The first-order chi connectivity index (χ1) is 14.2. The first-order valence-electron chi connectivity index (χ1n) is 10.4. The second-order valence-electron chi connectivity index (χ2n) is 9.14. The summed E-state index contributed by atoms with van der Waals surface area (Å²) in [5.74, 6) is 2.12. The summed E-state index contributed by atoms with van der Waals surface area (Å²) in [6, 6.07) is 17.6. The summed E-state index contributed by atoms with van der Waals surface area (Å²) >= 11 is 0. The van der Waals surface area contributed by atoms with E-state index in [0.717, 1.165) is 11.6 Å². The Balaban J connectivity index is 1.75. The molecule has 0 radical (unpaired) electrons. The van der Waals surface area contributed by atoms with Crippen molar-refractivity contribution in [1.82, 2.24) is 19.1 Å². The number of aromatic nitrogens is 4. The highest BCUT2D eigenvalue weighted by atomic mass is 15.1. The maximum atomic E-state index is 4.60. The number of hydrogen-bond acceptors (Lipinski definition) is 2. The fourth-order valence-electron chi connectivity index (χ4n) is 4.37. The van der Waals surface area contributed by atoms with Crippen LogP contribution in [0.3, 0.4) is 0 Å². The molecule has 0 aliphatic heterocycles. The Morgan fingerprint density at radius 3 is 1.37 bits per heavy atom. The monoisotopic (exact) mass is 398 g/mol. The summed E-state index contributed by atoms with van der Waals surface area (Å²) in [5.41, 5.74) is 4.57. The lowest BCUT2D eigenvalue weighted by Gasteiger charge is -2.26. The van der Waals surface area contributed by atoms with Crippen molar-refractivity contribution < 1.29 is 0 Å². The first-order valence-corrected chi connectivity index (χ1v) is 10.4. The molecule has 2 heterocycles. The van der Waals surface area contributed by atoms with E-state index in [1.807, 2.05) is 24.8 Å². The van der Waals surface area contributed by atoms with Crippen LogP contribution in [-0.2, 0) is 24.9 Å². The number of nitrogens with zero attached hydrogens (tertiary/aromatic N) is 4. The number of rotatable bonds is 5. The second kappa shape index (κ2) is 7.28. The molecule has 0 saturated carbocycles. The third-order valence-corrected chi connectivity index (χ3v) is 6.26. The lowest BCUT2D eigenvalue weighted by atomic mass is 9.80. The van der Waals surface area contributed by atoms with E-state index in [0.29, 0.717) is 0 Å². The average Bonchev–Trinajstić information content (AvgIpc) is 3.37. The van der Waals surface area contributed by atoms with Crippen molar-refractivity contribution in [2.45, 2.75) is 38.5 Å². The van der Waals surface area contributed by atoms with E-state index >= 15 is 0 Å². The highest BCUT2D eigenvalue weighted by Gasteiger charge is 2.29. The van der Waals surface area contributed by atoms with Gasteiger partial charge in [0.1, 0.15) is 11.6 Å². The van der Waals surface area contributed by atoms with Gasteiger partial charge in [-0.05, 0) is 49.9 Å². The van der Waals surface area contributed by atoms with Gasteiger partial charge in [0.25, 0.3) is 0 Å². The standard InChI is InChI=1S/C26H30N4/c1-25(2,23-27-13-15-29(23)5)21-11-7-9-19(17-21)20-10-8-12-22(18-20)26(3,4)24-28-14-16-30(24)6/h7-18H,1-6H3. The van der Waals surface area contributed by atoms with E-state index in [9.17, 15) is 0 Å². The summed E-state index contributed by atoms with van der Waals surface area (Å²) in [6.07, 6.45) is 7.74. The Labute approximate surface area is 179 Å². The third kappa shape index (κ3) is 3.36. The molecule has 0 saturated heterocycles. The fraction of sp³-hybridized carbons (Fsp3) is 0.308. The van der Waals surface area contributed by atoms with Gasteiger partial charge >= 0.3 is 0 Å². The Hall–Kier alpha value is -3.14. The van der Waals surface area contributed by atoms with Gasteiger partial charge in [-0.3, -0.25) is 0 Å². The molecule has 4 heteroatoms. The zero-order valence-corrected chi connectivity index (χ0v) is 18.7. The number of hydrogen-bond donors (Lipinski definition) is 0. The summed E-state index contributed by atoms with van der Waals surface area (Å²) in [7, 11) is 4.11. The quantitative estimate of drug-likeness (QED) is 0.447. The number of benzene rings is 2. The molecule has 2 aromatic heterocycles. The van der Waals surface area contributed by atoms with Crippen molar-refractivity contribution in [1.29, 1.82) is 0 Å². The Morgan fingerprint density at radius 2 is 1.03 bits per heavy atom. The Morgan fingerprint density at radius 1 is 0.633 bits per heavy atom. The molecule has 0 atom stereocenters. The zero-order valence-electron chi connectivity index (χ0n) is 18.7. The highest BCUT2D eigenvalue weighted by molar-refractivity contribution is 5.66. The van der Waals surface area contributed by atoms with Gasteiger partial charge in [0.2, 0.25) is 0 Å². The van der Waals surface area contributed by atoms with Crippen LogP contribution >= 0.6 is 0 Å². The molecule has 0 N–H and O–H groups in total. The molecule has 30 heavy (non-hydrogen) atoms. The molecule has 4 nitrogen and oxygen atoms in total. The average molecular weight is 399 g/mol. The minimum absolute atomic E-state index is 0.182. The number of aryl methyl sites for hydroxylation is 2. The lowest BCUT2D eigenvalue weighted by Crippen LogP contribution is -2.24. The van der Waals surface area contributed by atoms with Crippen LogP contribution in [0.15, 0.2) is 73.3 Å². The van der Waals surface area contributed by atoms with E-state index in [1.165, 1.54) is 22.3 Å². The maximum absolute atomic E-state index is 4.60. The lowest BCUT2D eigenvalue weighted by molar-refractivity contribution is 0.562. The van der Waals surface area contributed by atoms with Gasteiger partial charge in [-0.1, -0.05) is 48.5 Å². The van der Waals surface area contributed by atoms with Crippen LogP contribution in [0.5, 0.6) is 0 Å². The highest BCUT2D eigenvalue weighted by Crippen LogP contribution is 2.35. The van der Waals surface area contributed by atoms with E-state index in [1.54, 1.807) is 0 Å². The van der Waals surface area contributed by atoms with Crippen molar-refractivity contribution in [3.8, 4) is 11.1 Å². The third-order valence-electron chi connectivity index (χ3n) is 6.26. The van der Waals surface area contributed by atoms with Gasteiger partial charge in [-0.15, -0.1) is 0 Å². The van der Waals surface area contributed by atoms with Crippen LogP contribution < -0.4 is 0 Å². The Bertz CT molecular complexity index is 1080. The smallest absolute Gasteiger partial charge is 0.118 e. The molecule has 4 rings (SSSR count). The van der Waals surface area contributed by atoms with Crippen LogP contribution in [0.25, 0.3) is 11.1 Å². The second-order valence-corrected chi connectivity index (χ2v) is 9.14. The zero-order chi connectivity index (χ0) is 21.5. The topological polar surface area (TPSA) is 35.6 Å². The normalized spacial score (nSPS) is 12.3. The summed E-state index contributed by atoms with van der Waals surface area (Å²) in [4.78, 5) is 9.21. The van der Waals surface area contributed by atoms with E-state index in [2.05, 4.69) is 109 Å². The van der Waals surface area contributed by atoms with Gasteiger partial charge in [0, 0.05) is 49.7 Å². The van der Waals surface area contributed by atoms with E-state index < -0.39 is 0 Å². The summed E-state index contributed by atoms with van der Waals surface area (Å²) in [6.45, 7) is 8.92. The van der Waals surface area contributed by atoms with Crippen molar-refractivity contribution in [3.63, 3.8) is 0 Å². The van der Waals surface area contributed by atoms with Crippen LogP contribution in [0.4, 0.5) is 0 Å². The predicted molar refractivity (Wildman–Crippen MR) is 123 cm³/mol. The SMILES string of the molecule is Cn1ccnc1C(C)(C)c1cccc(-c2cccc(C(C)(C)c3nccn3C)c2)c1. The van der Waals surface area contributed by atoms with Crippen LogP contribution in [0, 0.1) is 0 Å². The molecule has 0 unspecified atom stereocenters. The fourth-order valence-corrected chi connectivity index (χ4v) is 4.37. The maximum Gasteiger partial charge on any atom is 0.118 e. The molecule has 2 aromatic carbocycles. The minimum atomic E-state index is -0.182. The van der Waals surface area contributed by atoms with Crippen molar-refractivity contribution in [2.24, 2.45) is 14.1 Å². The van der Waals surface area contributed by atoms with E-state index in [4.69, 9.17) is 0 Å². The van der Waals surface area contributed by atoms with Crippen molar-refractivity contribution in [2.75, 3.05) is 0 Å². The molecule has 0 spiro atoms. The molecule has 0 bridgehead atoms. The molecule has 154 valence electrons. The van der Waals surface area contributed by atoms with Crippen LogP contribution in [0.2, 0.25) is 0 Å².